The van der Waals surface area contributed by atoms with Gasteiger partial charge in [-0.1, -0.05) is 44.2 Å². The van der Waals surface area contributed by atoms with E-state index in [1.54, 1.807) is 18.4 Å². The van der Waals surface area contributed by atoms with Crippen molar-refractivity contribution >= 4 is 33.4 Å². The number of thiazole rings is 1. The molecule has 0 saturated carbocycles. The van der Waals surface area contributed by atoms with E-state index in [4.69, 9.17) is 0 Å². The predicted octanol–water partition coefficient (Wildman–Crippen LogP) is 2.82. The van der Waals surface area contributed by atoms with Crippen LogP contribution >= 0.6 is 11.3 Å². The van der Waals surface area contributed by atoms with Gasteiger partial charge >= 0.3 is 5.97 Å². The average Bonchev–Trinajstić information content (AvgIpc) is 2.78. The molecule has 21 heavy (non-hydrogen) atoms. The third-order valence-electron chi connectivity index (χ3n) is 3.22. The van der Waals surface area contributed by atoms with Crippen LogP contribution in [-0.4, -0.2) is 21.6 Å². The van der Waals surface area contributed by atoms with Gasteiger partial charge in [0, 0.05) is 5.92 Å². The maximum atomic E-state index is 11.9. The SMILES string of the molecule is CCC(C(=O)O)n1/c(=N/C(=O)C(C)C)sc2ccccc21. The van der Waals surface area contributed by atoms with Crippen molar-refractivity contribution < 1.29 is 14.7 Å². The number of fused-ring (bicyclic) bond motifs is 1. The first-order valence-electron chi connectivity index (χ1n) is 6.87. The lowest BCUT2D eigenvalue weighted by atomic mass is 10.2. The summed E-state index contributed by atoms with van der Waals surface area (Å²) >= 11 is 1.34. The number of nitrogens with zero attached hydrogens (tertiary/aromatic N) is 2. The summed E-state index contributed by atoms with van der Waals surface area (Å²) in [6, 6.07) is 6.78. The molecule has 1 aromatic carbocycles. The quantitative estimate of drug-likeness (QED) is 0.944. The molecule has 1 aromatic heterocycles. The number of carbonyl (C=O) groups is 2. The van der Waals surface area contributed by atoms with Gasteiger partial charge in [0.05, 0.1) is 10.2 Å². The highest BCUT2D eigenvalue weighted by molar-refractivity contribution is 7.16. The summed E-state index contributed by atoms with van der Waals surface area (Å²) in [5, 5.41) is 9.43. The molecule has 0 radical (unpaired) electrons. The molecule has 0 aliphatic rings. The molecule has 5 nitrogen and oxygen atoms in total. The predicted molar refractivity (Wildman–Crippen MR) is 82.2 cm³/mol. The summed E-state index contributed by atoms with van der Waals surface area (Å²) in [5.74, 6) is -1.37. The highest BCUT2D eigenvalue weighted by Gasteiger charge is 2.21. The normalized spacial score (nSPS) is 13.8. The minimum atomic E-state index is -0.917. The van der Waals surface area contributed by atoms with Crippen LogP contribution in [0.3, 0.4) is 0 Å². The summed E-state index contributed by atoms with van der Waals surface area (Å²) in [4.78, 5) is 28.0. The molecule has 1 heterocycles. The summed E-state index contributed by atoms with van der Waals surface area (Å²) in [6.45, 7) is 5.36. The first kappa shape index (κ1) is 15.4. The summed E-state index contributed by atoms with van der Waals surface area (Å²) in [6.07, 6.45) is 0.430. The largest absolute Gasteiger partial charge is 0.480 e. The molecule has 0 saturated heterocycles. The van der Waals surface area contributed by atoms with E-state index in [0.29, 0.717) is 11.2 Å². The fraction of sp³-hybridized carbons (Fsp3) is 0.400. The van der Waals surface area contributed by atoms with E-state index in [0.717, 1.165) is 10.2 Å². The van der Waals surface area contributed by atoms with Gasteiger partial charge in [0.1, 0.15) is 6.04 Å². The van der Waals surface area contributed by atoms with Crippen molar-refractivity contribution in [1.29, 1.82) is 0 Å². The van der Waals surface area contributed by atoms with Crippen molar-refractivity contribution in [1.82, 2.24) is 4.57 Å². The summed E-state index contributed by atoms with van der Waals surface area (Å²) in [7, 11) is 0. The second-order valence-electron chi connectivity index (χ2n) is 5.09. The van der Waals surface area contributed by atoms with E-state index in [9.17, 15) is 14.7 Å². The number of amides is 1. The van der Waals surface area contributed by atoms with Crippen LogP contribution in [0.15, 0.2) is 29.3 Å². The Balaban J connectivity index is 2.75. The van der Waals surface area contributed by atoms with E-state index in [-0.39, 0.29) is 11.8 Å². The molecule has 2 aromatic rings. The number of aliphatic carboxylic acids is 1. The lowest BCUT2D eigenvalue weighted by Gasteiger charge is -2.13. The Labute approximate surface area is 126 Å². The lowest BCUT2D eigenvalue weighted by Crippen LogP contribution is -2.27. The highest BCUT2D eigenvalue weighted by atomic mass is 32.1. The Kier molecular flexibility index (Phi) is 4.57. The zero-order chi connectivity index (χ0) is 15.6. The Morgan fingerprint density at radius 3 is 2.57 bits per heavy atom. The number of carboxylic acids is 1. The Hall–Kier alpha value is -1.95. The molecular weight excluding hydrogens is 288 g/mol. The van der Waals surface area contributed by atoms with Gasteiger partial charge in [0.15, 0.2) is 4.80 Å². The number of hydrogen-bond donors (Lipinski definition) is 1. The fourth-order valence-corrected chi connectivity index (χ4v) is 3.14. The van der Waals surface area contributed by atoms with E-state index >= 15 is 0 Å². The van der Waals surface area contributed by atoms with Crippen LogP contribution in [0.5, 0.6) is 0 Å². The van der Waals surface area contributed by atoms with Gasteiger partial charge in [-0.25, -0.2) is 4.79 Å². The molecule has 6 heteroatoms. The van der Waals surface area contributed by atoms with Crippen LogP contribution in [0, 0.1) is 5.92 Å². The minimum absolute atomic E-state index is 0.214. The molecule has 0 fully saturated rings. The molecule has 1 amide bonds. The molecule has 2 rings (SSSR count). The fourth-order valence-electron chi connectivity index (χ4n) is 2.06. The van der Waals surface area contributed by atoms with Gasteiger partial charge in [-0.2, -0.15) is 4.99 Å². The van der Waals surface area contributed by atoms with E-state index in [1.807, 2.05) is 31.2 Å². The molecule has 0 aliphatic carbocycles. The van der Waals surface area contributed by atoms with Gasteiger partial charge < -0.3 is 9.67 Å². The number of carbonyl (C=O) groups excluding carboxylic acids is 1. The van der Waals surface area contributed by atoms with Crippen molar-refractivity contribution in [3.8, 4) is 0 Å². The number of hydrogen-bond acceptors (Lipinski definition) is 3. The number of para-hydroxylation sites is 1. The Bertz CT molecular complexity index is 743. The van der Waals surface area contributed by atoms with Crippen LogP contribution in [0.1, 0.15) is 33.2 Å². The molecule has 1 atom stereocenters. The second-order valence-corrected chi connectivity index (χ2v) is 6.10. The Morgan fingerprint density at radius 2 is 2.00 bits per heavy atom. The molecule has 0 aliphatic heterocycles. The van der Waals surface area contributed by atoms with Crippen LogP contribution < -0.4 is 4.80 Å². The number of aromatic nitrogens is 1. The third kappa shape index (κ3) is 3.05. The first-order valence-corrected chi connectivity index (χ1v) is 7.68. The van der Waals surface area contributed by atoms with Gasteiger partial charge in [0.25, 0.3) is 5.91 Å². The minimum Gasteiger partial charge on any atom is -0.480 e. The van der Waals surface area contributed by atoms with Gasteiger partial charge in [-0.15, -0.1) is 0 Å². The standard InChI is InChI=1S/C15H18N2O3S/c1-4-10(14(19)20)17-11-7-5-6-8-12(11)21-15(17)16-13(18)9(2)3/h5-10H,4H2,1-3H3,(H,19,20)/b16-15-. The van der Waals surface area contributed by atoms with Crippen LogP contribution in [-0.2, 0) is 9.59 Å². The maximum absolute atomic E-state index is 11.9. The smallest absolute Gasteiger partial charge is 0.326 e. The van der Waals surface area contributed by atoms with E-state index < -0.39 is 12.0 Å². The zero-order valence-electron chi connectivity index (χ0n) is 12.2. The maximum Gasteiger partial charge on any atom is 0.326 e. The topological polar surface area (TPSA) is 71.7 Å². The van der Waals surface area contributed by atoms with Crippen molar-refractivity contribution in [2.45, 2.75) is 33.2 Å². The van der Waals surface area contributed by atoms with E-state index in [2.05, 4.69) is 4.99 Å². The number of carboxylic acid groups (broad SMARTS) is 1. The van der Waals surface area contributed by atoms with Crippen LogP contribution in [0.2, 0.25) is 0 Å². The summed E-state index contributed by atoms with van der Waals surface area (Å²) < 4.78 is 2.58. The number of rotatable bonds is 4. The van der Waals surface area contributed by atoms with E-state index in [1.165, 1.54) is 11.3 Å². The highest BCUT2D eigenvalue weighted by Crippen LogP contribution is 2.22. The summed E-state index contributed by atoms with van der Waals surface area (Å²) in [5.41, 5.74) is 0.798. The first-order chi connectivity index (χ1) is 9.95. The van der Waals surface area contributed by atoms with Crippen molar-refractivity contribution in [2.75, 3.05) is 0 Å². The lowest BCUT2D eigenvalue weighted by molar-refractivity contribution is -0.141. The molecular formula is C15H18N2O3S. The number of benzene rings is 1. The third-order valence-corrected chi connectivity index (χ3v) is 4.25. The molecule has 0 bridgehead atoms. The van der Waals surface area contributed by atoms with Crippen molar-refractivity contribution in [2.24, 2.45) is 10.9 Å². The van der Waals surface area contributed by atoms with Crippen LogP contribution in [0.4, 0.5) is 0 Å². The molecule has 112 valence electrons. The molecule has 0 spiro atoms. The molecule has 1 N–H and O–H groups in total. The Morgan fingerprint density at radius 1 is 1.33 bits per heavy atom. The van der Waals surface area contributed by atoms with Gasteiger partial charge in [0.2, 0.25) is 0 Å². The van der Waals surface area contributed by atoms with Crippen LogP contribution in [0.25, 0.3) is 10.2 Å². The van der Waals surface area contributed by atoms with Gasteiger partial charge in [-0.3, -0.25) is 4.79 Å². The van der Waals surface area contributed by atoms with Crippen molar-refractivity contribution in [3.05, 3.63) is 29.1 Å². The average molecular weight is 306 g/mol. The second kappa shape index (κ2) is 6.22. The molecule has 1 unspecified atom stereocenters. The monoisotopic (exact) mass is 306 g/mol. The van der Waals surface area contributed by atoms with Gasteiger partial charge in [-0.05, 0) is 18.6 Å². The zero-order valence-corrected chi connectivity index (χ0v) is 13.1. The van der Waals surface area contributed by atoms with Crippen molar-refractivity contribution in [3.63, 3.8) is 0 Å².